The minimum Gasteiger partial charge on any atom is -0.353 e. The van der Waals surface area contributed by atoms with Crippen LogP contribution in [0.5, 0.6) is 0 Å². The van der Waals surface area contributed by atoms with Crippen LogP contribution in [0.3, 0.4) is 0 Å². The second kappa shape index (κ2) is 6.31. The van der Waals surface area contributed by atoms with Crippen molar-refractivity contribution >= 4 is 16.7 Å². The molecule has 0 aromatic heterocycles. The number of rotatable bonds is 5. The van der Waals surface area contributed by atoms with Crippen molar-refractivity contribution in [3.63, 3.8) is 0 Å². The van der Waals surface area contributed by atoms with Gasteiger partial charge in [0, 0.05) is 13.1 Å². The fourth-order valence-corrected chi connectivity index (χ4v) is 2.04. The second-order valence-electron chi connectivity index (χ2n) is 4.57. The van der Waals surface area contributed by atoms with Gasteiger partial charge in [0.05, 0.1) is 6.04 Å². The summed E-state index contributed by atoms with van der Waals surface area (Å²) in [5, 5.41) is 5.05. The van der Waals surface area contributed by atoms with Crippen LogP contribution in [0.1, 0.15) is 5.56 Å². The maximum absolute atomic E-state index is 11.7. The van der Waals surface area contributed by atoms with E-state index in [2.05, 4.69) is 29.6 Å². The molecule has 0 unspecified atom stereocenters. The van der Waals surface area contributed by atoms with Gasteiger partial charge < -0.3 is 16.8 Å². The molecule has 5 N–H and O–H groups in total. The summed E-state index contributed by atoms with van der Waals surface area (Å²) in [7, 11) is 0. The molecule has 1 atom stereocenters. The predicted octanol–water partition coefficient (Wildman–Crippen LogP) is 0.785. The Hall–Kier alpha value is -1.91. The lowest BCUT2D eigenvalue weighted by Crippen LogP contribution is -2.43. The fourth-order valence-electron chi connectivity index (χ4n) is 2.04. The highest BCUT2D eigenvalue weighted by molar-refractivity contribution is 5.84. The molecule has 1 amide bonds. The Labute approximate surface area is 112 Å². The third kappa shape index (κ3) is 3.53. The van der Waals surface area contributed by atoms with Crippen LogP contribution in [0.15, 0.2) is 42.5 Å². The van der Waals surface area contributed by atoms with Crippen LogP contribution in [0.2, 0.25) is 0 Å². The largest absolute Gasteiger partial charge is 0.353 e. The number of nitrogens with one attached hydrogen (secondary N) is 1. The third-order valence-corrected chi connectivity index (χ3v) is 3.05. The Balaban J connectivity index is 2.06. The van der Waals surface area contributed by atoms with Gasteiger partial charge in [0.25, 0.3) is 0 Å². The van der Waals surface area contributed by atoms with Crippen LogP contribution < -0.4 is 16.8 Å². The fraction of sp³-hybridized carbons (Fsp3) is 0.267. The monoisotopic (exact) mass is 257 g/mol. The summed E-state index contributed by atoms with van der Waals surface area (Å²) in [5.41, 5.74) is 12.3. The van der Waals surface area contributed by atoms with E-state index in [9.17, 15) is 4.79 Å². The Morgan fingerprint density at radius 2 is 1.89 bits per heavy atom. The molecule has 0 saturated heterocycles. The van der Waals surface area contributed by atoms with E-state index in [1.807, 2.05) is 18.2 Å². The van der Waals surface area contributed by atoms with Gasteiger partial charge in [-0.25, -0.2) is 0 Å². The zero-order chi connectivity index (χ0) is 13.7. The van der Waals surface area contributed by atoms with Gasteiger partial charge in [-0.3, -0.25) is 4.79 Å². The van der Waals surface area contributed by atoms with Crippen molar-refractivity contribution in [2.45, 2.75) is 12.5 Å². The SMILES string of the molecule is NCCNC(=O)[C@@H](N)Cc1ccc2ccccc2c1. The molecule has 4 heteroatoms. The Morgan fingerprint density at radius 1 is 1.16 bits per heavy atom. The summed E-state index contributed by atoms with van der Waals surface area (Å²) in [6.07, 6.45) is 0.529. The summed E-state index contributed by atoms with van der Waals surface area (Å²) in [4.78, 5) is 11.7. The molecular formula is C15H19N3O. The van der Waals surface area contributed by atoms with Crippen LogP contribution in [0.25, 0.3) is 10.8 Å². The first-order valence-electron chi connectivity index (χ1n) is 6.42. The topological polar surface area (TPSA) is 81.1 Å². The molecular weight excluding hydrogens is 238 g/mol. The lowest BCUT2D eigenvalue weighted by atomic mass is 10.0. The van der Waals surface area contributed by atoms with Crippen LogP contribution in [0.4, 0.5) is 0 Å². The van der Waals surface area contributed by atoms with E-state index in [1.165, 1.54) is 5.39 Å². The normalized spacial score (nSPS) is 12.3. The zero-order valence-corrected chi connectivity index (χ0v) is 10.8. The summed E-state index contributed by atoms with van der Waals surface area (Å²) in [6, 6.07) is 13.7. The third-order valence-electron chi connectivity index (χ3n) is 3.05. The standard InChI is InChI=1S/C15H19N3O/c16-7-8-18-15(19)14(17)10-11-5-6-12-3-1-2-4-13(12)9-11/h1-6,9,14H,7-8,10,16-17H2,(H,18,19)/t14-/m0/s1. The van der Waals surface area contributed by atoms with Crippen LogP contribution in [-0.2, 0) is 11.2 Å². The number of carbonyl (C=O) groups is 1. The van der Waals surface area contributed by atoms with Gasteiger partial charge in [-0.1, -0.05) is 42.5 Å². The molecule has 2 aromatic carbocycles. The van der Waals surface area contributed by atoms with Crippen LogP contribution >= 0.6 is 0 Å². The van der Waals surface area contributed by atoms with Crippen molar-refractivity contribution in [3.05, 3.63) is 48.0 Å². The second-order valence-corrected chi connectivity index (χ2v) is 4.57. The van der Waals surface area contributed by atoms with Crippen molar-refractivity contribution in [1.82, 2.24) is 5.32 Å². The maximum Gasteiger partial charge on any atom is 0.237 e. The van der Waals surface area contributed by atoms with Gasteiger partial charge in [-0.05, 0) is 22.8 Å². The van der Waals surface area contributed by atoms with Crippen molar-refractivity contribution in [2.75, 3.05) is 13.1 Å². The lowest BCUT2D eigenvalue weighted by Gasteiger charge is -2.12. The first-order chi connectivity index (χ1) is 9.20. The van der Waals surface area contributed by atoms with Gasteiger partial charge in [0.15, 0.2) is 0 Å². The molecule has 0 spiro atoms. The number of benzene rings is 2. The summed E-state index contributed by atoms with van der Waals surface area (Å²) in [5.74, 6) is -0.154. The number of amides is 1. The average molecular weight is 257 g/mol. The minimum atomic E-state index is -0.535. The van der Waals surface area contributed by atoms with E-state index in [-0.39, 0.29) is 5.91 Å². The molecule has 2 rings (SSSR count). The summed E-state index contributed by atoms with van der Waals surface area (Å²) >= 11 is 0. The smallest absolute Gasteiger partial charge is 0.237 e. The molecule has 2 aromatic rings. The zero-order valence-electron chi connectivity index (χ0n) is 10.8. The molecule has 0 aliphatic heterocycles. The number of hydrogen-bond acceptors (Lipinski definition) is 3. The van der Waals surface area contributed by atoms with E-state index in [4.69, 9.17) is 11.5 Å². The molecule has 0 fully saturated rings. The van der Waals surface area contributed by atoms with Gasteiger partial charge in [0.2, 0.25) is 5.91 Å². The highest BCUT2D eigenvalue weighted by Crippen LogP contribution is 2.16. The molecule has 0 aliphatic carbocycles. The van der Waals surface area contributed by atoms with Gasteiger partial charge in [0.1, 0.15) is 0 Å². The molecule has 4 nitrogen and oxygen atoms in total. The summed E-state index contributed by atoms with van der Waals surface area (Å²) in [6.45, 7) is 0.888. The highest BCUT2D eigenvalue weighted by atomic mass is 16.2. The number of nitrogens with two attached hydrogens (primary N) is 2. The number of hydrogen-bond donors (Lipinski definition) is 3. The van der Waals surface area contributed by atoms with Gasteiger partial charge >= 0.3 is 0 Å². The molecule has 100 valence electrons. The quantitative estimate of drug-likeness (QED) is 0.740. The van der Waals surface area contributed by atoms with Crippen molar-refractivity contribution in [2.24, 2.45) is 11.5 Å². The first-order valence-corrected chi connectivity index (χ1v) is 6.42. The Morgan fingerprint density at radius 3 is 2.63 bits per heavy atom. The maximum atomic E-state index is 11.7. The van der Waals surface area contributed by atoms with Crippen molar-refractivity contribution < 1.29 is 4.79 Å². The van der Waals surface area contributed by atoms with Gasteiger partial charge in [-0.15, -0.1) is 0 Å². The molecule has 19 heavy (non-hydrogen) atoms. The number of fused-ring (bicyclic) bond motifs is 1. The van der Waals surface area contributed by atoms with Gasteiger partial charge in [-0.2, -0.15) is 0 Å². The van der Waals surface area contributed by atoms with E-state index >= 15 is 0 Å². The molecule has 0 saturated carbocycles. The molecule has 0 aliphatic rings. The van der Waals surface area contributed by atoms with E-state index in [1.54, 1.807) is 0 Å². The average Bonchev–Trinajstić information content (AvgIpc) is 2.44. The molecule has 0 heterocycles. The van der Waals surface area contributed by atoms with Crippen LogP contribution in [-0.4, -0.2) is 25.0 Å². The van der Waals surface area contributed by atoms with E-state index in [0.717, 1.165) is 10.9 Å². The predicted molar refractivity (Wildman–Crippen MR) is 77.7 cm³/mol. The lowest BCUT2D eigenvalue weighted by molar-refractivity contribution is -0.122. The van der Waals surface area contributed by atoms with Crippen LogP contribution in [0, 0.1) is 0 Å². The van der Waals surface area contributed by atoms with Crippen molar-refractivity contribution in [3.8, 4) is 0 Å². The number of carbonyl (C=O) groups excluding carboxylic acids is 1. The van der Waals surface area contributed by atoms with E-state index < -0.39 is 6.04 Å². The summed E-state index contributed by atoms with van der Waals surface area (Å²) < 4.78 is 0. The highest BCUT2D eigenvalue weighted by Gasteiger charge is 2.13. The Kier molecular flexibility index (Phi) is 4.49. The first kappa shape index (κ1) is 13.5. The minimum absolute atomic E-state index is 0.154. The Bertz CT molecular complexity index is 568. The van der Waals surface area contributed by atoms with E-state index in [0.29, 0.717) is 19.5 Å². The molecule has 0 bridgehead atoms. The molecule has 0 radical (unpaired) electrons. The van der Waals surface area contributed by atoms with Crippen molar-refractivity contribution in [1.29, 1.82) is 0 Å².